The number of aromatic nitrogens is 3. The third kappa shape index (κ3) is 2.11. The van der Waals surface area contributed by atoms with E-state index in [-0.39, 0.29) is 5.91 Å². The van der Waals surface area contributed by atoms with Crippen LogP contribution in [0.4, 0.5) is 0 Å². The van der Waals surface area contributed by atoms with Crippen molar-refractivity contribution in [3.63, 3.8) is 0 Å². The first kappa shape index (κ1) is 11.3. The van der Waals surface area contributed by atoms with Gasteiger partial charge in [0.25, 0.3) is 0 Å². The largest absolute Gasteiger partial charge is 0.347 e. The molecule has 4 heterocycles. The number of nitrogens with zero attached hydrogens (tertiary/aromatic N) is 3. The predicted molar refractivity (Wildman–Crippen MR) is 68.6 cm³/mol. The van der Waals surface area contributed by atoms with Crippen LogP contribution in [0.1, 0.15) is 6.42 Å². The number of carbonyl (C=O) groups excluding carboxylic acids is 1. The molecule has 0 spiro atoms. The lowest BCUT2D eigenvalue weighted by atomic mass is 10.2. The number of carbonyl (C=O) groups is 1. The Hall–Kier alpha value is -1.82. The minimum atomic E-state index is 0.267. The van der Waals surface area contributed by atoms with Gasteiger partial charge in [-0.15, -0.1) is 16.3 Å². The van der Waals surface area contributed by atoms with E-state index in [9.17, 15) is 4.79 Å². The van der Waals surface area contributed by atoms with Crippen LogP contribution in [0.3, 0.4) is 0 Å². The van der Waals surface area contributed by atoms with Crippen LogP contribution in [0.15, 0.2) is 43.0 Å². The Morgan fingerprint density at radius 2 is 2.50 bits per heavy atom. The summed E-state index contributed by atoms with van der Waals surface area (Å²) < 4.78 is 1.85. The van der Waals surface area contributed by atoms with Crippen molar-refractivity contribution in [2.24, 2.45) is 0 Å². The monoisotopic (exact) mass is 261 g/mol. The van der Waals surface area contributed by atoms with Crippen molar-refractivity contribution >= 4 is 23.3 Å². The number of rotatable bonds is 0. The number of fused-ring (bicyclic) bond motifs is 2. The quantitative estimate of drug-likeness (QED) is 0.567. The van der Waals surface area contributed by atoms with Crippen molar-refractivity contribution < 1.29 is 9.31 Å². The predicted octanol–water partition coefficient (Wildman–Crippen LogP) is 0.954. The van der Waals surface area contributed by atoms with Gasteiger partial charge < -0.3 is 4.90 Å². The van der Waals surface area contributed by atoms with Crippen LogP contribution in [-0.4, -0.2) is 32.0 Å². The average Bonchev–Trinajstić information content (AvgIpc) is 2.87. The van der Waals surface area contributed by atoms with Gasteiger partial charge in [0.2, 0.25) is 5.91 Å². The summed E-state index contributed by atoms with van der Waals surface area (Å²) in [5, 5.41) is 3.45. The molecule has 1 fully saturated rings. The highest BCUT2D eigenvalue weighted by Gasteiger charge is 2.35. The Morgan fingerprint density at radius 3 is 3.22 bits per heavy atom. The van der Waals surface area contributed by atoms with Gasteiger partial charge in [-0.3, -0.25) is 4.79 Å². The van der Waals surface area contributed by atoms with Crippen LogP contribution in [0.2, 0.25) is 0 Å². The molecule has 1 saturated heterocycles. The molecule has 1 atom stereocenters. The summed E-state index contributed by atoms with van der Waals surface area (Å²) in [5.41, 5.74) is 0.942. The second-order valence-corrected chi connectivity index (χ2v) is 5.20. The number of nitrogens with one attached hydrogen (secondary N) is 1. The molecule has 18 heavy (non-hydrogen) atoms. The molecule has 1 amide bonds. The van der Waals surface area contributed by atoms with Gasteiger partial charge in [-0.05, 0) is 4.98 Å². The Kier molecular flexibility index (Phi) is 3.02. The van der Waals surface area contributed by atoms with Crippen molar-refractivity contribution in [2.75, 3.05) is 5.75 Å². The second-order valence-electron chi connectivity index (χ2n) is 3.99. The zero-order valence-corrected chi connectivity index (χ0v) is 10.5. The first-order chi connectivity index (χ1) is 8.84. The van der Waals surface area contributed by atoms with Crippen molar-refractivity contribution in [3.8, 4) is 0 Å². The van der Waals surface area contributed by atoms with Crippen LogP contribution < -0.4 is 4.52 Å². The molecule has 0 aliphatic carbocycles. The van der Waals surface area contributed by atoms with Crippen molar-refractivity contribution in [1.82, 2.24) is 15.0 Å². The number of hydrogen-bond acceptors (Lipinski definition) is 3. The fourth-order valence-corrected chi connectivity index (χ4v) is 2.88. The van der Waals surface area contributed by atoms with Crippen molar-refractivity contribution in [1.29, 1.82) is 0 Å². The van der Waals surface area contributed by atoms with Crippen LogP contribution in [0, 0.1) is 0 Å². The van der Waals surface area contributed by atoms with Gasteiger partial charge in [0.1, 0.15) is 12.4 Å². The van der Waals surface area contributed by atoms with Crippen molar-refractivity contribution in [3.05, 3.63) is 43.0 Å². The van der Waals surface area contributed by atoms with E-state index in [0.29, 0.717) is 5.37 Å². The van der Waals surface area contributed by atoms with E-state index >= 15 is 0 Å². The number of thioether (sulfide) groups is 1. The maximum atomic E-state index is 10.7. The molecular weight excluding hydrogens is 248 g/mol. The molecule has 0 unspecified atom stereocenters. The van der Waals surface area contributed by atoms with E-state index in [2.05, 4.69) is 10.1 Å². The maximum Gasteiger partial charge on any atom is 0.347 e. The molecule has 0 radical (unpaired) electrons. The minimum absolute atomic E-state index is 0.267. The highest BCUT2D eigenvalue weighted by molar-refractivity contribution is 8.00. The normalized spacial score (nSPS) is 21.0. The molecular formula is C12H13N4OS+. The standard InChI is InChI=1S/C6H5N3.C6H7NOS/c1-3-7-6-2-4-8-9(6)5-1;8-5-4-6-7(5)2-1-3-9-6/h1-5H;1-2,6H,3-4H2/p+1/t;6-/m.1/s1. The van der Waals surface area contributed by atoms with Gasteiger partial charge >= 0.3 is 5.65 Å². The highest BCUT2D eigenvalue weighted by atomic mass is 32.2. The van der Waals surface area contributed by atoms with Gasteiger partial charge in [-0.25, -0.2) is 5.10 Å². The van der Waals surface area contributed by atoms with Crippen LogP contribution in [-0.2, 0) is 4.79 Å². The topological polar surface area (TPSA) is 53.1 Å². The van der Waals surface area contributed by atoms with E-state index in [0.717, 1.165) is 17.8 Å². The summed E-state index contributed by atoms with van der Waals surface area (Å²) in [6.07, 6.45) is 10.2. The zero-order chi connectivity index (χ0) is 12.4. The summed E-state index contributed by atoms with van der Waals surface area (Å²) in [7, 11) is 0. The fourth-order valence-electron chi connectivity index (χ4n) is 1.85. The first-order valence-electron chi connectivity index (χ1n) is 5.74. The molecule has 1 N–H and O–H groups in total. The first-order valence-corrected chi connectivity index (χ1v) is 6.79. The van der Waals surface area contributed by atoms with E-state index < -0.39 is 0 Å². The molecule has 0 bridgehead atoms. The molecule has 2 aliphatic rings. The number of amides is 1. The molecule has 2 aromatic rings. The summed E-state index contributed by atoms with van der Waals surface area (Å²) in [4.78, 5) is 16.6. The lowest BCUT2D eigenvalue weighted by Gasteiger charge is -2.39. The van der Waals surface area contributed by atoms with Gasteiger partial charge in [0.05, 0.1) is 17.9 Å². The smallest absolute Gasteiger partial charge is 0.306 e. The number of aromatic amines is 1. The minimum Gasteiger partial charge on any atom is -0.306 e. The van der Waals surface area contributed by atoms with E-state index in [1.54, 1.807) is 11.1 Å². The Bertz CT molecular complexity index is 564. The van der Waals surface area contributed by atoms with Gasteiger partial charge in [0, 0.05) is 24.2 Å². The fraction of sp³-hybridized carbons (Fsp3) is 0.250. The summed E-state index contributed by atoms with van der Waals surface area (Å²) >= 11 is 1.84. The molecule has 6 heteroatoms. The SMILES string of the molecule is O=C1C[C@H]2SCC=CN12.c1cnc2cc[nH][n+]2c1. The number of H-pyrrole nitrogens is 1. The average molecular weight is 261 g/mol. The van der Waals surface area contributed by atoms with Crippen molar-refractivity contribution in [2.45, 2.75) is 11.8 Å². The molecule has 92 valence electrons. The zero-order valence-electron chi connectivity index (χ0n) is 9.69. The second kappa shape index (κ2) is 4.81. The van der Waals surface area contributed by atoms with Gasteiger partial charge in [-0.1, -0.05) is 6.08 Å². The molecule has 2 aromatic heterocycles. The Balaban J connectivity index is 0.000000111. The Morgan fingerprint density at radius 1 is 1.56 bits per heavy atom. The van der Waals surface area contributed by atoms with E-state index in [1.165, 1.54) is 0 Å². The third-order valence-corrected chi connectivity index (χ3v) is 3.98. The van der Waals surface area contributed by atoms with Crippen LogP contribution in [0.5, 0.6) is 0 Å². The molecule has 2 aliphatic heterocycles. The lowest BCUT2D eigenvalue weighted by molar-refractivity contribution is -0.579. The number of β-lactam (4-membered cyclic amide) rings is 1. The molecule has 0 saturated carbocycles. The lowest BCUT2D eigenvalue weighted by Crippen LogP contribution is -2.48. The molecule has 4 rings (SSSR count). The summed E-state index contributed by atoms with van der Waals surface area (Å²) in [5.74, 6) is 1.33. The highest BCUT2D eigenvalue weighted by Crippen LogP contribution is 2.32. The van der Waals surface area contributed by atoms with Gasteiger partial charge in [0.15, 0.2) is 0 Å². The maximum absolute atomic E-state index is 10.7. The van der Waals surface area contributed by atoms with Crippen LogP contribution in [0.25, 0.3) is 5.65 Å². The summed E-state index contributed by atoms with van der Waals surface area (Å²) in [6, 6.07) is 3.80. The Labute approximate surface area is 108 Å². The number of hydrogen-bond donors (Lipinski definition) is 1. The van der Waals surface area contributed by atoms with E-state index in [4.69, 9.17) is 0 Å². The van der Waals surface area contributed by atoms with Crippen LogP contribution >= 0.6 is 11.8 Å². The third-order valence-electron chi connectivity index (χ3n) is 2.82. The van der Waals surface area contributed by atoms with Gasteiger partial charge in [-0.2, -0.15) is 0 Å². The molecule has 5 nitrogen and oxygen atoms in total. The van der Waals surface area contributed by atoms with E-state index in [1.807, 2.05) is 53.1 Å². The molecule has 0 aromatic carbocycles. The summed E-state index contributed by atoms with van der Waals surface area (Å²) in [6.45, 7) is 0.